The molecule has 0 unspecified atom stereocenters. The molecule has 0 aliphatic carbocycles. The Kier molecular flexibility index (Phi) is 4.00. The number of aryl methyl sites for hydroxylation is 1. The minimum atomic E-state index is -0.350. The summed E-state index contributed by atoms with van der Waals surface area (Å²) >= 11 is 1.57. The van der Waals surface area contributed by atoms with Crippen LogP contribution in [0.1, 0.15) is 34.1 Å². The van der Waals surface area contributed by atoms with E-state index >= 15 is 0 Å². The van der Waals surface area contributed by atoms with Crippen molar-refractivity contribution in [2.24, 2.45) is 0 Å². The molecule has 0 radical (unpaired) electrons. The lowest BCUT2D eigenvalue weighted by Gasteiger charge is -2.22. The maximum atomic E-state index is 13.5. The number of halogens is 1. The van der Waals surface area contributed by atoms with Gasteiger partial charge in [0.1, 0.15) is 16.4 Å². The number of amides is 1. The van der Waals surface area contributed by atoms with Gasteiger partial charge in [-0.25, -0.2) is 9.37 Å². The highest BCUT2D eigenvalue weighted by molar-refractivity contribution is 7.18. The van der Waals surface area contributed by atoms with Crippen molar-refractivity contribution in [3.05, 3.63) is 64.6 Å². The standard InChI is InChI=1S/C20H17FN2O2S/c1-11-14-10-13(21)8-9-16(14)25-18(11)20(24)23(3)12(2)19-22-15-6-4-5-7-17(15)26-19/h4-10,12H,1-3H3/t12-/m0/s1. The van der Waals surface area contributed by atoms with E-state index in [4.69, 9.17) is 4.42 Å². The molecule has 0 spiro atoms. The summed E-state index contributed by atoms with van der Waals surface area (Å²) in [6.07, 6.45) is 0. The van der Waals surface area contributed by atoms with Crippen molar-refractivity contribution in [1.29, 1.82) is 0 Å². The number of fused-ring (bicyclic) bond motifs is 2. The molecule has 1 atom stereocenters. The fourth-order valence-electron chi connectivity index (χ4n) is 2.97. The molecule has 26 heavy (non-hydrogen) atoms. The molecule has 2 heterocycles. The Morgan fingerprint density at radius 2 is 2.04 bits per heavy atom. The zero-order valence-electron chi connectivity index (χ0n) is 14.6. The van der Waals surface area contributed by atoms with Crippen LogP contribution in [0.3, 0.4) is 0 Å². The van der Waals surface area contributed by atoms with Crippen LogP contribution in [0.5, 0.6) is 0 Å². The lowest BCUT2D eigenvalue weighted by atomic mass is 10.1. The van der Waals surface area contributed by atoms with Gasteiger partial charge in [-0.2, -0.15) is 0 Å². The van der Waals surface area contributed by atoms with Crippen molar-refractivity contribution in [3.8, 4) is 0 Å². The average molecular weight is 368 g/mol. The minimum absolute atomic E-state index is 0.204. The van der Waals surface area contributed by atoms with E-state index in [2.05, 4.69) is 4.98 Å². The number of hydrogen-bond donors (Lipinski definition) is 0. The van der Waals surface area contributed by atoms with Crippen LogP contribution >= 0.6 is 11.3 Å². The Bertz CT molecular complexity index is 1100. The Hall–Kier alpha value is -2.73. The molecule has 4 aromatic rings. The van der Waals surface area contributed by atoms with Gasteiger partial charge in [0.15, 0.2) is 5.76 Å². The molecule has 2 aromatic carbocycles. The summed E-state index contributed by atoms with van der Waals surface area (Å²) < 4.78 is 20.3. The first kappa shape index (κ1) is 16.7. The SMILES string of the molecule is Cc1c(C(=O)N(C)[C@@H](C)c2nc3ccccc3s2)oc2ccc(F)cc12. The monoisotopic (exact) mass is 368 g/mol. The van der Waals surface area contributed by atoms with Gasteiger partial charge in [-0.3, -0.25) is 4.79 Å². The molecule has 4 rings (SSSR count). The second kappa shape index (κ2) is 6.21. The molecule has 0 N–H and O–H groups in total. The first-order chi connectivity index (χ1) is 12.5. The van der Waals surface area contributed by atoms with Crippen molar-refractivity contribution < 1.29 is 13.6 Å². The van der Waals surface area contributed by atoms with Crippen LogP contribution < -0.4 is 0 Å². The van der Waals surface area contributed by atoms with E-state index in [1.54, 1.807) is 36.3 Å². The van der Waals surface area contributed by atoms with Crippen molar-refractivity contribution in [1.82, 2.24) is 9.88 Å². The third-order valence-electron chi connectivity index (χ3n) is 4.66. The summed E-state index contributed by atoms with van der Waals surface area (Å²) in [4.78, 5) is 19.2. The number of carbonyl (C=O) groups excluding carboxylic acids is 1. The van der Waals surface area contributed by atoms with Gasteiger partial charge in [0.05, 0.1) is 16.3 Å². The Balaban J connectivity index is 1.68. The molecule has 0 fully saturated rings. The third-order valence-corrected chi connectivity index (χ3v) is 5.87. The Labute approximate surface area is 153 Å². The number of furan rings is 1. The molecule has 132 valence electrons. The van der Waals surface area contributed by atoms with Gasteiger partial charge in [-0.15, -0.1) is 11.3 Å². The van der Waals surface area contributed by atoms with Gasteiger partial charge in [-0.1, -0.05) is 12.1 Å². The number of carbonyl (C=O) groups is 1. The van der Waals surface area contributed by atoms with Crippen molar-refractivity contribution >= 4 is 38.4 Å². The zero-order valence-corrected chi connectivity index (χ0v) is 15.4. The van der Waals surface area contributed by atoms with Gasteiger partial charge in [0.2, 0.25) is 0 Å². The molecule has 0 aliphatic heterocycles. The van der Waals surface area contributed by atoms with E-state index in [0.29, 0.717) is 16.5 Å². The van der Waals surface area contributed by atoms with Crippen LogP contribution in [-0.4, -0.2) is 22.8 Å². The highest BCUT2D eigenvalue weighted by Gasteiger charge is 2.26. The lowest BCUT2D eigenvalue weighted by Crippen LogP contribution is -2.29. The molecule has 1 amide bonds. The second-order valence-electron chi connectivity index (χ2n) is 6.31. The zero-order chi connectivity index (χ0) is 18.4. The predicted molar refractivity (Wildman–Crippen MR) is 101 cm³/mol. The number of aromatic nitrogens is 1. The van der Waals surface area contributed by atoms with Crippen LogP contribution in [-0.2, 0) is 0 Å². The van der Waals surface area contributed by atoms with Gasteiger partial charge < -0.3 is 9.32 Å². The largest absolute Gasteiger partial charge is 0.451 e. The van der Waals surface area contributed by atoms with Crippen molar-refractivity contribution in [2.75, 3.05) is 7.05 Å². The second-order valence-corrected chi connectivity index (χ2v) is 7.37. The molecule has 2 aromatic heterocycles. The smallest absolute Gasteiger partial charge is 0.290 e. The molecule has 4 nitrogen and oxygen atoms in total. The molecule has 0 saturated carbocycles. The molecule has 0 bridgehead atoms. The Morgan fingerprint density at radius 3 is 2.81 bits per heavy atom. The summed E-state index contributed by atoms with van der Waals surface area (Å²) in [7, 11) is 1.73. The summed E-state index contributed by atoms with van der Waals surface area (Å²) in [5.41, 5.74) is 2.08. The normalized spacial score (nSPS) is 12.6. The quantitative estimate of drug-likeness (QED) is 0.491. The number of hydrogen-bond acceptors (Lipinski definition) is 4. The first-order valence-electron chi connectivity index (χ1n) is 8.27. The number of thiazole rings is 1. The number of rotatable bonds is 3. The van der Waals surface area contributed by atoms with E-state index in [1.807, 2.05) is 31.2 Å². The van der Waals surface area contributed by atoms with Crippen molar-refractivity contribution in [2.45, 2.75) is 19.9 Å². The van der Waals surface area contributed by atoms with Crippen LogP contribution in [0, 0.1) is 12.7 Å². The van der Waals surface area contributed by atoms with Crippen LogP contribution in [0.25, 0.3) is 21.2 Å². The van der Waals surface area contributed by atoms with Crippen LogP contribution in [0.15, 0.2) is 46.9 Å². The molecule has 0 saturated heterocycles. The molecule has 6 heteroatoms. The topological polar surface area (TPSA) is 46.3 Å². The van der Waals surface area contributed by atoms with Gasteiger partial charge in [-0.05, 0) is 44.2 Å². The number of para-hydroxylation sites is 1. The van der Waals surface area contributed by atoms with Crippen molar-refractivity contribution in [3.63, 3.8) is 0 Å². The fraction of sp³-hybridized carbons (Fsp3) is 0.200. The van der Waals surface area contributed by atoms with E-state index in [1.165, 1.54) is 12.1 Å². The lowest BCUT2D eigenvalue weighted by molar-refractivity contribution is 0.0711. The van der Waals surface area contributed by atoms with E-state index in [-0.39, 0.29) is 23.5 Å². The number of benzene rings is 2. The minimum Gasteiger partial charge on any atom is -0.451 e. The number of nitrogens with zero attached hydrogens (tertiary/aromatic N) is 2. The summed E-state index contributed by atoms with van der Waals surface area (Å²) in [5, 5.41) is 1.48. The highest BCUT2D eigenvalue weighted by atomic mass is 32.1. The van der Waals surface area contributed by atoms with Crippen LogP contribution in [0.2, 0.25) is 0 Å². The maximum absolute atomic E-state index is 13.5. The first-order valence-corrected chi connectivity index (χ1v) is 9.08. The van der Waals surface area contributed by atoms with Gasteiger partial charge >= 0.3 is 0 Å². The van der Waals surface area contributed by atoms with Gasteiger partial charge in [0, 0.05) is 18.0 Å². The van der Waals surface area contributed by atoms with E-state index in [9.17, 15) is 9.18 Å². The van der Waals surface area contributed by atoms with E-state index in [0.717, 1.165) is 15.2 Å². The van der Waals surface area contributed by atoms with E-state index < -0.39 is 0 Å². The fourth-order valence-corrected chi connectivity index (χ4v) is 4.03. The molecular formula is C20H17FN2O2S. The average Bonchev–Trinajstić information content (AvgIpc) is 3.21. The summed E-state index contributed by atoms with van der Waals surface area (Å²) in [6, 6.07) is 12.0. The highest BCUT2D eigenvalue weighted by Crippen LogP contribution is 2.32. The van der Waals surface area contributed by atoms with Crippen LogP contribution in [0.4, 0.5) is 4.39 Å². The Morgan fingerprint density at radius 1 is 1.27 bits per heavy atom. The predicted octanol–water partition coefficient (Wildman–Crippen LogP) is 5.32. The summed E-state index contributed by atoms with van der Waals surface area (Å²) in [5.74, 6) is -0.358. The maximum Gasteiger partial charge on any atom is 0.290 e. The summed E-state index contributed by atoms with van der Waals surface area (Å²) in [6.45, 7) is 3.71. The molecule has 0 aliphatic rings. The van der Waals surface area contributed by atoms with Gasteiger partial charge in [0.25, 0.3) is 5.91 Å². The third kappa shape index (κ3) is 2.66. The molecular weight excluding hydrogens is 351 g/mol.